The minimum absolute atomic E-state index is 0.0132. The van der Waals surface area contributed by atoms with Gasteiger partial charge in [-0.25, -0.2) is 0 Å². The standard InChI is InChI=1S/C20H22Cl2N2O2/c1-3-23(14-16-7-5-4-6-8-16)20(26)11-12-24(15(2)25)19-13-17(21)9-10-18(19)22/h4-10,13H,3,11-12,14H2,1-2H3. The van der Waals surface area contributed by atoms with Crippen molar-refractivity contribution < 1.29 is 9.59 Å². The molecule has 0 N–H and O–H groups in total. The van der Waals surface area contributed by atoms with E-state index in [2.05, 4.69) is 0 Å². The first kappa shape index (κ1) is 20.3. The molecule has 2 aromatic carbocycles. The van der Waals surface area contributed by atoms with E-state index in [-0.39, 0.29) is 24.8 Å². The van der Waals surface area contributed by atoms with Gasteiger partial charge in [0.05, 0.1) is 10.7 Å². The van der Waals surface area contributed by atoms with Crippen LogP contribution in [0.2, 0.25) is 10.0 Å². The van der Waals surface area contributed by atoms with Crippen LogP contribution >= 0.6 is 23.2 Å². The topological polar surface area (TPSA) is 40.6 Å². The molecule has 0 saturated carbocycles. The molecule has 0 aromatic heterocycles. The molecule has 0 unspecified atom stereocenters. The van der Waals surface area contributed by atoms with Gasteiger partial charge in [-0.15, -0.1) is 0 Å². The van der Waals surface area contributed by atoms with Gasteiger partial charge in [0, 0.05) is 38.0 Å². The van der Waals surface area contributed by atoms with Crippen molar-refractivity contribution in [1.82, 2.24) is 4.90 Å². The smallest absolute Gasteiger partial charge is 0.224 e. The Morgan fingerprint density at radius 3 is 2.35 bits per heavy atom. The van der Waals surface area contributed by atoms with Gasteiger partial charge in [0.15, 0.2) is 0 Å². The number of anilines is 1. The predicted octanol–water partition coefficient (Wildman–Crippen LogP) is 4.79. The fourth-order valence-corrected chi connectivity index (χ4v) is 3.07. The number of carbonyl (C=O) groups excluding carboxylic acids is 2. The van der Waals surface area contributed by atoms with E-state index in [0.717, 1.165) is 5.56 Å². The average Bonchev–Trinajstić information content (AvgIpc) is 2.63. The first-order valence-corrected chi connectivity index (χ1v) is 9.22. The molecule has 0 radical (unpaired) electrons. The summed E-state index contributed by atoms with van der Waals surface area (Å²) in [6.45, 7) is 4.79. The van der Waals surface area contributed by atoms with Crippen molar-refractivity contribution in [2.24, 2.45) is 0 Å². The van der Waals surface area contributed by atoms with Crippen LogP contribution in [-0.4, -0.2) is 29.8 Å². The summed E-state index contributed by atoms with van der Waals surface area (Å²) in [4.78, 5) is 27.9. The minimum atomic E-state index is -0.187. The number of benzene rings is 2. The Balaban J connectivity index is 2.06. The highest BCUT2D eigenvalue weighted by Crippen LogP contribution is 2.29. The Kier molecular flexibility index (Phi) is 7.49. The zero-order chi connectivity index (χ0) is 19.1. The summed E-state index contributed by atoms with van der Waals surface area (Å²) in [7, 11) is 0. The first-order valence-electron chi connectivity index (χ1n) is 8.47. The molecular weight excluding hydrogens is 371 g/mol. The molecule has 0 aliphatic rings. The van der Waals surface area contributed by atoms with Crippen LogP contribution in [0.1, 0.15) is 25.8 Å². The van der Waals surface area contributed by atoms with Gasteiger partial charge in [-0.1, -0.05) is 53.5 Å². The van der Waals surface area contributed by atoms with Crippen LogP contribution in [0.15, 0.2) is 48.5 Å². The van der Waals surface area contributed by atoms with Crippen LogP contribution in [0, 0.1) is 0 Å². The summed E-state index contributed by atoms with van der Waals surface area (Å²) in [6, 6.07) is 14.8. The molecule has 2 rings (SSSR count). The van der Waals surface area contributed by atoms with Gasteiger partial charge in [-0.05, 0) is 30.7 Å². The summed E-state index contributed by atoms with van der Waals surface area (Å²) >= 11 is 12.2. The van der Waals surface area contributed by atoms with Crippen LogP contribution in [0.3, 0.4) is 0 Å². The predicted molar refractivity (Wildman–Crippen MR) is 107 cm³/mol. The monoisotopic (exact) mass is 392 g/mol. The lowest BCUT2D eigenvalue weighted by molar-refractivity contribution is -0.131. The minimum Gasteiger partial charge on any atom is -0.339 e. The summed E-state index contributed by atoms with van der Waals surface area (Å²) in [6.07, 6.45) is 0.211. The number of rotatable bonds is 7. The van der Waals surface area contributed by atoms with Crippen LogP contribution < -0.4 is 4.90 Å². The van der Waals surface area contributed by atoms with E-state index >= 15 is 0 Å². The van der Waals surface area contributed by atoms with Crippen molar-refractivity contribution in [2.45, 2.75) is 26.8 Å². The lowest BCUT2D eigenvalue weighted by Crippen LogP contribution is -2.36. The molecule has 6 heteroatoms. The lowest BCUT2D eigenvalue weighted by Gasteiger charge is -2.25. The van der Waals surface area contributed by atoms with Gasteiger partial charge < -0.3 is 9.80 Å². The third-order valence-electron chi connectivity index (χ3n) is 4.08. The van der Waals surface area contributed by atoms with Crippen LogP contribution in [0.25, 0.3) is 0 Å². The van der Waals surface area contributed by atoms with Gasteiger partial charge in [0.1, 0.15) is 0 Å². The Morgan fingerprint density at radius 2 is 1.73 bits per heavy atom. The summed E-state index contributed by atoms with van der Waals surface area (Å²) in [5, 5.41) is 0.912. The zero-order valence-electron chi connectivity index (χ0n) is 14.9. The van der Waals surface area contributed by atoms with Crippen LogP contribution in [0.4, 0.5) is 5.69 Å². The summed E-state index contributed by atoms with van der Waals surface area (Å²) in [5.74, 6) is -0.200. The van der Waals surface area contributed by atoms with Crippen molar-refractivity contribution in [2.75, 3.05) is 18.0 Å². The Hall–Kier alpha value is -2.04. The summed E-state index contributed by atoms with van der Waals surface area (Å²) in [5.41, 5.74) is 1.59. The fraction of sp³-hybridized carbons (Fsp3) is 0.300. The molecule has 0 aliphatic heterocycles. The second-order valence-corrected chi connectivity index (χ2v) is 6.75. The van der Waals surface area contributed by atoms with Crippen molar-refractivity contribution >= 4 is 40.7 Å². The maximum Gasteiger partial charge on any atom is 0.224 e. The molecule has 0 spiro atoms. The highest BCUT2D eigenvalue weighted by atomic mass is 35.5. The van der Waals surface area contributed by atoms with Gasteiger partial charge in [-0.3, -0.25) is 9.59 Å². The molecule has 138 valence electrons. The first-order chi connectivity index (χ1) is 12.4. The maximum absolute atomic E-state index is 12.6. The number of amides is 2. The third kappa shape index (κ3) is 5.48. The van der Waals surface area contributed by atoms with Crippen molar-refractivity contribution in [3.05, 3.63) is 64.1 Å². The average molecular weight is 393 g/mol. The Morgan fingerprint density at radius 1 is 1.04 bits per heavy atom. The molecular formula is C20H22Cl2N2O2. The van der Waals surface area contributed by atoms with Gasteiger partial charge >= 0.3 is 0 Å². The Bertz CT molecular complexity index is 766. The molecule has 0 saturated heterocycles. The van der Waals surface area contributed by atoms with E-state index in [1.807, 2.05) is 37.3 Å². The fourth-order valence-electron chi connectivity index (χ4n) is 2.69. The Labute approximate surface area is 164 Å². The van der Waals surface area contributed by atoms with Crippen molar-refractivity contribution in [1.29, 1.82) is 0 Å². The highest BCUT2D eigenvalue weighted by molar-refractivity contribution is 6.35. The SMILES string of the molecule is CCN(Cc1ccccc1)C(=O)CCN(C(C)=O)c1cc(Cl)ccc1Cl. The van der Waals surface area contributed by atoms with E-state index in [0.29, 0.717) is 28.8 Å². The van der Waals surface area contributed by atoms with Gasteiger partial charge in [0.2, 0.25) is 11.8 Å². The molecule has 4 nitrogen and oxygen atoms in total. The van der Waals surface area contributed by atoms with E-state index in [9.17, 15) is 9.59 Å². The van der Waals surface area contributed by atoms with E-state index < -0.39 is 0 Å². The molecule has 0 bridgehead atoms. The molecule has 2 amide bonds. The number of carbonyl (C=O) groups is 2. The van der Waals surface area contributed by atoms with Gasteiger partial charge in [0.25, 0.3) is 0 Å². The second-order valence-electron chi connectivity index (χ2n) is 5.91. The molecule has 0 atom stereocenters. The van der Waals surface area contributed by atoms with Crippen molar-refractivity contribution in [3.8, 4) is 0 Å². The molecule has 0 aliphatic carbocycles. The molecule has 0 heterocycles. The number of halogens is 2. The quantitative estimate of drug-likeness (QED) is 0.679. The van der Waals surface area contributed by atoms with Crippen LogP contribution in [-0.2, 0) is 16.1 Å². The normalized spacial score (nSPS) is 10.5. The summed E-state index contributed by atoms with van der Waals surface area (Å²) < 4.78 is 0. The van der Waals surface area contributed by atoms with Crippen molar-refractivity contribution in [3.63, 3.8) is 0 Å². The molecule has 2 aromatic rings. The zero-order valence-corrected chi connectivity index (χ0v) is 16.4. The number of hydrogen-bond acceptors (Lipinski definition) is 2. The lowest BCUT2D eigenvalue weighted by atomic mass is 10.2. The van der Waals surface area contributed by atoms with E-state index in [4.69, 9.17) is 23.2 Å². The van der Waals surface area contributed by atoms with Gasteiger partial charge in [-0.2, -0.15) is 0 Å². The van der Waals surface area contributed by atoms with E-state index in [1.54, 1.807) is 23.1 Å². The number of nitrogens with zero attached hydrogens (tertiary/aromatic N) is 2. The largest absolute Gasteiger partial charge is 0.339 e. The maximum atomic E-state index is 12.6. The highest BCUT2D eigenvalue weighted by Gasteiger charge is 2.19. The number of hydrogen-bond donors (Lipinski definition) is 0. The third-order valence-corrected chi connectivity index (χ3v) is 4.63. The van der Waals surface area contributed by atoms with Crippen LogP contribution in [0.5, 0.6) is 0 Å². The second kappa shape index (κ2) is 9.60. The molecule has 26 heavy (non-hydrogen) atoms. The molecule has 0 fully saturated rings. The van der Waals surface area contributed by atoms with E-state index in [1.165, 1.54) is 11.8 Å².